The van der Waals surface area contributed by atoms with Gasteiger partial charge >= 0.3 is 0 Å². The Morgan fingerprint density at radius 1 is 1.56 bits per heavy atom. The molecular weight excluding hydrogens is 208 g/mol. The van der Waals surface area contributed by atoms with Gasteiger partial charge in [0.2, 0.25) is 5.91 Å². The van der Waals surface area contributed by atoms with Gasteiger partial charge in [-0.3, -0.25) is 9.48 Å². The standard InChI is InChI=1S/C10H18N4O2/c1-9(16)12-3-2-11-6-10-7-13-14(8-10)4-5-15/h7-8,11,15H,2-6H2,1H3,(H,12,16). The van der Waals surface area contributed by atoms with Crippen molar-refractivity contribution in [3.63, 3.8) is 0 Å². The van der Waals surface area contributed by atoms with Crippen molar-refractivity contribution in [3.05, 3.63) is 18.0 Å². The zero-order chi connectivity index (χ0) is 11.8. The Labute approximate surface area is 94.6 Å². The number of rotatable bonds is 7. The molecule has 1 heterocycles. The summed E-state index contributed by atoms with van der Waals surface area (Å²) in [4.78, 5) is 10.6. The van der Waals surface area contributed by atoms with Crippen LogP contribution in [-0.4, -0.2) is 40.5 Å². The van der Waals surface area contributed by atoms with Crippen LogP contribution in [0.1, 0.15) is 12.5 Å². The van der Waals surface area contributed by atoms with Gasteiger partial charge in [0.25, 0.3) is 0 Å². The highest BCUT2D eigenvalue weighted by Crippen LogP contribution is 1.96. The summed E-state index contributed by atoms with van der Waals surface area (Å²) >= 11 is 0. The average molecular weight is 226 g/mol. The van der Waals surface area contributed by atoms with Crippen LogP contribution in [0.3, 0.4) is 0 Å². The molecule has 0 aliphatic carbocycles. The molecule has 0 aromatic carbocycles. The van der Waals surface area contributed by atoms with Crippen molar-refractivity contribution in [2.45, 2.75) is 20.0 Å². The first kappa shape index (κ1) is 12.7. The Morgan fingerprint density at radius 3 is 3.06 bits per heavy atom. The van der Waals surface area contributed by atoms with E-state index < -0.39 is 0 Å². The second kappa shape index (κ2) is 6.97. The second-order valence-electron chi connectivity index (χ2n) is 3.50. The monoisotopic (exact) mass is 226 g/mol. The molecule has 1 aromatic rings. The first-order valence-electron chi connectivity index (χ1n) is 5.29. The van der Waals surface area contributed by atoms with Gasteiger partial charge in [0.05, 0.1) is 19.3 Å². The molecule has 0 saturated heterocycles. The molecule has 1 rings (SSSR count). The molecule has 0 unspecified atom stereocenters. The summed E-state index contributed by atoms with van der Waals surface area (Å²) in [6.07, 6.45) is 3.66. The van der Waals surface area contributed by atoms with E-state index in [1.807, 2.05) is 6.20 Å². The first-order valence-corrected chi connectivity index (χ1v) is 5.29. The highest BCUT2D eigenvalue weighted by molar-refractivity contribution is 5.72. The van der Waals surface area contributed by atoms with E-state index in [0.717, 1.165) is 12.1 Å². The van der Waals surface area contributed by atoms with Crippen molar-refractivity contribution in [2.24, 2.45) is 0 Å². The Kier molecular flexibility index (Phi) is 5.52. The zero-order valence-corrected chi connectivity index (χ0v) is 9.44. The van der Waals surface area contributed by atoms with Gasteiger partial charge in [-0.2, -0.15) is 5.10 Å². The Morgan fingerprint density at radius 2 is 2.38 bits per heavy atom. The number of aliphatic hydroxyl groups excluding tert-OH is 1. The number of hydrogen-bond acceptors (Lipinski definition) is 4. The van der Waals surface area contributed by atoms with Crippen LogP contribution >= 0.6 is 0 Å². The molecule has 6 heteroatoms. The minimum atomic E-state index is -0.0161. The first-order chi connectivity index (χ1) is 7.72. The number of nitrogens with one attached hydrogen (secondary N) is 2. The van der Waals surface area contributed by atoms with E-state index in [4.69, 9.17) is 5.11 Å². The molecule has 16 heavy (non-hydrogen) atoms. The van der Waals surface area contributed by atoms with E-state index in [2.05, 4.69) is 15.7 Å². The van der Waals surface area contributed by atoms with Gasteiger partial charge in [0, 0.05) is 38.3 Å². The van der Waals surface area contributed by atoms with Gasteiger partial charge in [-0.1, -0.05) is 0 Å². The second-order valence-corrected chi connectivity index (χ2v) is 3.50. The van der Waals surface area contributed by atoms with E-state index in [1.54, 1.807) is 10.9 Å². The molecule has 6 nitrogen and oxygen atoms in total. The fraction of sp³-hybridized carbons (Fsp3) is 0.600. The summed E-state index contributed by atoms with van der Waals surface area (Å²) in [6, 6.07) is 0. The molecule has 0 aliphatic rings. The molecule has 0 radical (unpaired) electrons. The number of amides is 1. The molecule has 0 fully saturated rings. The van der Waals surface area contributed by atoms with Crippen LogP contribution < -0.4 is 10.6 Å². The van der Waals surface area contributed by atoms with E-state index in [9.17, 15) is 4.79 Å². The van der Waals surface area contributed by atoms with E-state index in [-0.39, 0.29) is 12.5 Å². The maximum Gasteiger partial charge on any atom is 0.216 e. The predicted molar refractivity (Wildman–Crippen MR) is 59.7 cm³/mol. The maximum absolute atomic E-state index is 10.6. The van der Waals surface area contributed by atoms with Gasteiger partial charge in [-0.15, -0.1) is 0 Å². The molecule has 90 valence electrons. The largest absolute Gasteiger partial charge is 0.394 e. The number of hydrogen-bond donors (Lipinski definition) is 3. The van der Waals surface area contributed by atoms with Crippen LogP contribution in [0, 0.1) is 0 Å². The van der Waals surface area contributed by atoms with Crippen molar-refractivity contribution in [1.82, 2.24) is 20.4 Å². The molecule has 3 N–H and O–H groups in total. The number of carbonyl (C=O) groups is 1. The van der Waals surface area contributed by atoms with Crippen molar-refractivity contribution in [1.29, 1.82) is 0 Å². The molecule has 0 saturated carbocycles. The molecule has 0 atom stereocenters. The van der Waals surface area contributed by atoms with Crippen molar-refractivity contribution in [3.8, 4) is 0 Å². The lowest BCUT2D eigenvalue weighted by Gasteiger charge is -2.03. The maximum atomic E-state index is 10.6. The smallest absolute Gasteiger partial charge is 0.216 e. The van der Waals surface area contributed by atoms with Gasteiger partial charge in [-0.05, 0) is 0 Å². The number of aliphatic hydroxyl groups is 1. The molecule has 0 spiro atoms. The normalized spacial score (nSPS) is 10.4. The van der Waals surface area contributed by atoms with Crippen LogP contribution in [0.4, 0.5) is 0 Å². The third-order valence-corrected chi connectivity index (χ3v) is 2.02. The lowest BCUT2D eigenvalue weighted by Crippen LogP contribution is -2.29. The summed E-state index contributed by atoms with van der Waals surface area (Å²) in [5, 5.41) is 18.7. The summed E-state index contributed by atoms with van der Waals surface area (Å²) in [5.74, 6) is -0.0161. The SMILES string of the molecule is CC(=O)NCCNCc1cnn(CCO)c1. The fourth-order valence-electron chi connectivity index (χ4n) is 1.28. The van der Waals surface area contributed by atoms with Crippen LogP contribution in [0.5, 0.6) is 0 Å². The lowest BCUT2D eigenvalue weighted by molar-refractivity contribution is -0.118. The molecule has 1 aromatic heterocycles. The topological polar surface area (TPSA) is 79.2 Å². The fourth-order valence-corrected chi connectivity index (χ4v) is 1.28. The molecular formula is C10H18N4O2. The molecule has 1 amide bonds. The highest BCUT2D eigenvalue weighted by Gasteiger charge is 1.97. The van der Waals surface area contributed by atoms with E-state index in [0.29, 0.717) is 19.6 Å². The van der Waals surface area contributed by atoms with Crippen molar-refractivity contribution >= 4 is 5.91 Å². The van der Waals surface area contributed by atoms with Crippen molar-refractivity contribution < 1.29 is 9.90 Å². The number of nitrogens with zero attached hydrogens (tertiary/aromatic N) is 2. The molecule has 0 aliphatic heterocycles. The lowest BCUT2D eigenvalue weighted by atomic mass is 10.3. The summed E-state index contributed by atoms with van der Waals surface area (Å²) in [7, 11) is 0. The summed E-state index contributed by atoms with van der Waals surface area (Å²) in [6.45, 7) is 4.18. The van der Waals surface area contributed by atoms with Crippen molar-refractivity contribution in [2.75, 3.05) is 19.7 Å². The van der Waals surface area contributed by atoms with E-state index in [1.165, 1.54) is 6.92 Å². The van der Waals surface area contributed by atoms with Gasteiger partial charge in [0.1, 0.15) is 0 Å². The van der Waals surface area contributed by atoms with Gasteiger partial charge in [0.15, 0.2) is 0 Å². The quantitative estimate of drug-likeness (QED) is 0.527. The number of carbonyl (C=O) groups excluding carboxylic acids is 1. The predicted octanol–water partition coefficient (Wildman–Crippen LogP) is -0.899. The zero-order valence-electron chi connectivity index (χ0n) is 9.44. The minimum Gasteiger partial charge on any atom is -0.394 e. The Hall–Kier alpha value is -1.40. The Balaban J connectivity index is 2.14. The summed E-state index contributed by atoms with van der Waals surface area (Å²) < 4.78 is 1.70. The van der Waals surface area contributed by atoms with Crippen LogP contribution in [0.2, 0.25) is 0 Å². The molecule has 0 bridgehead atoms. The van der Waals surface area contributed by atoms with E-state index >= 15 is 0 Å². The van der Waals surface area contributed by atoms with Crippen LogP contribution in [-0.2, 0) is 17.9 Å². The van der Waals surface area contributed by atoms with Crippen LogP contribution in [0.25, 0.3) is 0 Å². The minimum absolute atomic E-state index is 0.0161. The van der Waals surface area contributed by atoms with Gasteiger partial charge in [-0.25, -0.2) is 0 Å². The number of aromatic nitrogens is 2. The highest BCUT2D eigenvalue weighted by atomic mass is 16.3. The third kappa shape index (κ3) is 4.90. The summed E-state index contributed by atoms with van der Waals surface area (Å²) in [5.41, 5.74) is 1.07. The average Bonchev–Trinajstić information content (AvgIpc) is 2.65. The Bertz CT molecular complexity index is 324. The van der Waals surface area contributed by atoms with Gasteiger partial charge < -0.3 is 15.7 Å². The third-order valence-electron chi connectivity index (χ3n) is 2.02. The van der Waals surface area contributed by atoms with Crippen LogP contribution in [0.15, 0.2) is 12.4 Å².